The number of carbonyl (C=O) groups excluding carboxylic acids is 4. The molecule has 1 aromatic heterocycles. The van der Waals surface area contributed by atoms with Crippen LogP contribution in [-0.4, -0.2) is 43.7 Å². The predicted molar refractivity (Wildman–Crippen MR) is 150 cm³/mol. The van der Waals surface area contributed by atoms with E-state index in [1.165, 1.54) is 30.7 Å². The normalized spacial score (nSPS) is 14.2. The summed E-state index contributed by atoms with van der Waals surface area (Å²) < 4.78 is 15.9. The maximum absolute atomic E-state index is 12.6. The van der Waals surface area contributed by atoms with Crippen molar-refractivity contribution in [3.05, 3.63) is 75.7 Å². The third kappa shape index (κ3) is 6.73. The zero-order valence-corrected chi connectivity index (χ0v) is 23.1. The first-order valence-electron chi connectivity index (χ1n) is 12.7. The van der Waals surface area contributed by atoms with Gasteiger partial charge in [-0.05, 0) is 73.6 Å². The van der Waals surface area contributed by atoms with E-state index in [1.807, 2.05) is 0 Å². The van der Waals surface area contributed by atoms with Crippen molar-refractivity contribution in [2.45, 2.75) is 33.1 Å². The summed E-state index contributed by atoms with van der Waals surface area (Å²) in [7, 11) is 1.43. The molecule has 40 heavy (non-hydrogen) atoms. The first kappa shape index (κ1) is 28.5. The molecule has 1 heterocycles. The third-order valence-electron chi connectivity index (χ3n) is 6.20. The number of hydrogen-bond donors (Lipinski definition) is 2. The van der Waals surface area contributed by atoms with Crippen molar-refractivity contribution in [1.29, 1.82) is 0 Å². The molecule has 0 fully saturated rings. The lowest BCUT2D eigenvalue weighted by Crippen LogP contribution is -2.32. The molecule has 3 aromatic rings. The van der Waals surface area contributed by atoms with Gasteiger partial charge in [-0.1, -0.05) is 25.1 Å². The number of esters is 2. The van der Waals surface area contributed by atoms with Crippen molar-refractivity contribution in [2.24, 2.45) is 11.0 Å². The number of nitrogens with one attached hydrogen (secondary N) is 2. The zero-order valence-electron chi connectivity index (χ0n) is 22.3. The molecule has 0 aliphatic heterocycles. The molecular weight excluding hydrogens is 534 g/mol. The van der Waals surface area contributed by atoms with Gasteiger partial charge in [0.05, 0.1) is 31.1 Å². The number of nitrogens with zero attached hydrogens (tertiary/aromatic N) is 1. The fourth-order valence-electron chi connectivity index (χ4n) is 4.22. The second-order valence-electron chi connectivity index (χ2n) is 9.10. The van der Waals surface area contributed by atoms with Crippen molar-refractivity contribution in [1.82, 2.24) is 5.43 Å². The Hall–Kier alpha value is -4.51. The highest BCUT2D eigenvalue weighted by molar-refractivity contribution is 7.17. The Morgan fingerprint density at radius 1 is 1.05 bits per heavy atom. The molecule has 2 amide bonds. The molecule has 1 aliphatic rings. The van der Waals surface area contributed by atoms with Crippen LogP contribution in [0.4, 0.5) is 5.00 Å². The van der Waals surface area contributed by atoms with Crippen LogP contribution in [0.5, 0.6) is 11.5 Å². The molecule has 11 heteroatoms. The van der Waals surface area contributed by atoms with Gasteiger partial charge in [0.25, 0.3) is 0 Å². The van der Waals surface area contributed by atoms with Gasteiger partial charge in [0.1, 0.15) is 5.00 Å². The minimum absolute atomic E-state index is 0.198. The largest absolute Gasteiger partial charge is 0.493 e. The van der Waals surface area contributed by atoms with Gasteiger partial charge in [-0.3, -0.25) is 9.59 Å². The Morgan fingerprint density at radius 3 is 2.55 bits per heavy atom. The average Bonchev–Trinajstić information content (AvgIpc) is 3.30. The average molecular weight is 564 g/mol. The molecule has 4 rings (SSSR count). The minimum Gasteiger partial charge on any atom is -0.493 e. The van der Waals surface area contributed by atoms with Crippen molar-refractivity contribution >= 4 is 46.3 Å². The lowest BCUT2D eigenvalue weighted by atomic mass is 9.88. The molecule has 1 atom stereocenters. The van der Waals surface area contributed by atoms with E-state index in [9.17, 15) is 19.2 Å². The summed E-state index contributed by atoms with van der Waals surface area (Å²) in [4.78, 5) is 51.1. The molecule has 2 aromatic carbocycles. The Bertz CT molecular complexity index is 1450. The number of rotatable bonds is 8. The molecule has 2 N–H and O–H groups in total. The SMILES string of the molecule is CCOC(=O)c1c(NC(=O)C(=O)N/N=C\c2ccc(OC(=O)c3ccccc3)c(OC)c2)sc2c1CC[C@H](C)C2. The fraction of sp³-hybridized carbons (Fsp3) is 0.276. The molecular formula is C29H29N3O7S. The van der Waals surface area contributed by atoms with Gasteiger partial charge in [0.2, 0.25) is 0 Å². The summed E-state index contributed by atoms with van der Waals surface area (Å²) in [5, 5.41) is 6.69. The highest BCUT2D eigenvalue weighted by atomic mass is 32.1. The number of anilines is 1. The molecule has 0 radical (unpaired) electrons. The van der Waals surface area contributed by atoms with Crippen molar-refractivity contribution in [3.8, 4) is 11.5 Å². The monoisotopic (exact) mass is 563 g/mol. The number of benzene rings is 2. The summed E-state index contributed by atoms with van der Waals surface area (Å²) in [6.45, 7) is 4.05. The van der Waals surface area contributed by atoms with Gasteiger partial charge in [0.15, 0.2) is 11.5 Å². The predicted octanol–water partition coefficient (Wildman–Crippen LogP) is 4.37. The van der Waals surface area contributed by atoms with Crippen molar-refractivity contribution in [3.63, 3.8) is 0 Å². The molecule has 0 spiro atoms. The summed E-state index contributed by atoms with van der Waals surface area (Å²) in [5.41, 5.74) is 4.28. The Balaban J connectivity index is 1.40. The van der Waals surface area contributed by atoms with Crippen LogP contribution in [0.15, 0.2) is 53.6 Å². The molecule has 208 valence electrons. The first-order valence-corrected chi connectivity index (χ1v) is 13.5. The summed E-state index contributed by atoms with van der Waals surface area (Å²) in [5.74, 6) is -2.07. The number of methoxy groups -OCH3 is 1. The van der Waals surface area contributed by atoms with Gasteiger partial charge >= 0.3 is 23.8 Å². The maximum atomic E-state index is 12.6. The van der Waals surface area contributed by atoms with Crippen molar-refractivity contribution < 1.29 is 33.4 Å². The van der Waals surface area contributed by atoms with Crippen LogP contribution in [-0.2, 0) is 27.2 Å². The number of thiophene rings is 1. The van der Waals surface area contributed by atoms with Crippen LogP contribution in [0.1, 0.15) is 57.0 Å². The van der Waals surface area contributed by atoms with E-state index in [0.717, 1.165) is 23.3 Å². The fourth-order valence-corrected chi connectivity index (χ4v) is 5.61. The van der Waals surface area contributed by atoms with E-state index in [1.54, 1.807) is 49.4 Å². The van der Waals surface area contributed by atoms with Gasteiger partial charge in [-0.25, -0.2) is 15.0 Å². The van der Waals surface area contributed by atoms with E-state index >= 15 is 0 Å². The number of fused-ring (bicyclic) bond motifs is 1. The first-order chi connectivity index (χ1) is 19.3. The maximum Gasteiger partial charge on any atom is 0.343 e. The number of hydrogen-bond acceptors (Lipinski definition) is 9. The van der Waals surface area contributed by atoms with E-state index in [0.29, 0.717) is 34.0 Å². The molecule has 0 saturated carbocycles. The smallest absolute Gasteiger partial charge is 0.343 e. The topological polar surface area (TPSA) is 132 Å². The van der Waals surface area contributed by atoms with E-state index in [4.69, 9.17) is 14.2 Å². The summed E-state index contributed by atoms with van der Waals surface area (Å²) in [6, 6.07) is 13.2. The summed E-state index contributed by atoms with van der Waals surface area (Å²) >= 11 is 1.29. The van der Waals surface area contributed by atoms with Crippen LogP contribution in [0.2, 0.25) is 0 Å². The van der Waals surface area contributed by atoms with Gasteiger partial charge in [-0.15, -0.1) is 11.3 Å². The Labute approximate surface area is 235 Å². The molecule has 0 bridgehead atoms. The number of hydrazone groups is 1. The number of ether oxygens (including phenoxy) is 3. The van der Waals surface area contributed by atoms with Crippen LogP contribution in [0, 0.1) is 5.92 Å². The highest BCUT2D eigenvalue weighted by Gasteiger charge is 2.30. The molecule has 0 saturated heterocycles. The standard InChI is InChI=1S/C29H29N3O7S/c1-4-38-29(36)24-20-12-10-17(2)14-23(20)40-27(24)31-25(33)26(34)32-30-16-18-11-13-21(22(15-18)37-3)39-28(35)19-8-6-5-7-9-19/h5-9,11,13,15-17H,4,10,12,14H2,1-3H3,(H,31,33)(H,32,34)/b30-16-/t17-/m0/s1. The van der Waals surface area contributed by atoms with Crippen molar-refractivity contribution in [2.75, 3.05) is 19.0 Å². The minimum atomic E-state index is -1.01. The highest BCUT2D eigenvalue weighted by Crippen LogP contribution is 2.40. The molecule has 1 aliphatic carbocycles. The van der Waals surface area contributed by atoms with Crippen LogP contribution in [0.25, 0.3) is 0 Å². The van der Waals surface area contributed by atoms with Crippen LogP contribution >= 0.6 is 11.3 Å². The Morgan fingerprint density at radius 2 is 1.82 bits per heavy atom. The second-order valence-corrected chi connectivity index (χ2v) is 10.2. The van der Waals surface area contributed by atoms with E-state index in [2.05, 4.69) is 22.8 Å². The van der Waals surface area contributed by atoms with E-state index in [-0.39, 0.29) is 18.1 Å². The van der Waals surface area contributed by atoms with Crippen LogP contribution in [0.3, 0.4) is 0 Å². The third-order valence-corrected chi connectivity index (χ3v) is 7.37. The molecule has 0 unspecified atom stereocenters. The van der Waals surface area contributed by atoms with Crippen LogP contribution < -0.4 is 20.2 Å². The number of carbonyl (C=O) groups is 4. The van der Waals surface area contributed by atoms with E-state index < -0.39 is 23.8 Å². The zero-order chi connectivity index (χ0) is 28.6. The molecule has 10 nitrogen and oxygen atoms in total. The van der Waals surface area contributed by atoms with Gasteiger partial charge in [-0.2, -0.15) is 5.10 Å². The number of amides is 2. The lowest BCUT2D eigenvalue weighted by Gasteiger charge is -2.18. The van der Waals surface area contributed by atoms with Gasteiger partial charge in [0, 0.05) is 4.88 Å². The quantitative estimate of drug-likeness (QED) is 0.137. The lowest BCUT2D eigenvalue weighted by molar-refractivity contribution is -0.136. The summed E-state index contributed by atoms with van der Waals surface area (Å²) in [6.07, 6.45) is 3.75. The Kier molecular flexibility index (Phi) is 9.28. The van der Waals surface area contributed by atoms with Gasteiger partial charge < -0.3 is 19.5 Å². The second kappa shape index (κ2) is 13.0.